The van der Waals surface area contributed by atoms with Gasteiger partial charge in [0, 0.05) is 24.1 Å². The Morgan fingerprint density at radius 2 is 2.20 bits per heavy atom. The monoisotopic (exact) mass is 630 g/mol. The van der Waals surface area contributed by atoms with E-state index in [1.807, 2.05) is 13.2 Å². The van der Waals surface area contributed by atoms with Crippen LogP contribution in [0.2, 0.25) is 6.82 Å². The summed E-state index contributed by atoms with van der Waals surface area (Å²) in [6, 6.07) is 0. The van der Waals surface area contributed by atoms with Crippen molar-refractivity contribution in [3.8, 4) is 11.8 Å². The Balaban J connectivity index is 1.57. The van der Waals surface area contributed by atoms with Gasteiger partial charge in [-0.2, -0.15) is 4.98 Å². The molecule has 12 nitrogen and oxygen atoms in total. The van der Waals surface area contributed by atoms with Crippen LogP contribution < -0.4 is 21.8 Å². The Morgan fingerprint density at radius 3 is 2.95 bits per heavy atom. The molecule has 0 radical (unpaired) electrons. The molecule has 40 heavy (non-hydrogen) atoms. The molecule has 3 heterocycles. The number of nitrogens with one attached hydrogen (secondary N) is 3. The summed E-state index contributed by atoms with van der Waals surface area (Å²) in [6.07, 6.45) is 4.00. The van der Waals surface area contributed by atoms with Gasteiger partial charge in [0.25, 0.3) is 5.56 Å². The van der Waals surface area contributed by atoms with Gasteiger partial charge in [0.1, 0.15) is 18.8 Å². The van der Waals surface area contributed by atoms with Gasteiger partial charge in [0.05, 0.1) is 29.7 Å². The fourth-order valence-corrected chi connectivity index (χ4v) is 6.49. The van der Waals surface area contributed by atoms with Crippen LogP contribution in [0.15, 0.2) is 11.0 Å². The summed E-state index contributed by atoms with van der Waals surface area (Å²) < 4.78 is 19.2. The number of nitrogen functional groups attached to an aromatic ring is 1. The van der Waals surface area contributed by atoms with Crippen molar-refractivity contribution >= 4 is 73.3 Å². The van der Waals surface area contributed by atoms with E-state index in [1.54, 1.807) is 60.8 Å². The van der Waals surface area contributed by atoms with Crippen LogP contribution in [0.1, 0.15) is 31.6 Å². The second kappa shape index (κ2) is 17.3. The maximum Gasteiger partial charge on any atom is 0.407 e. The molecule has 2 aromatic rings. The molecular weight excluding hydrogens is 595 g/mol. The number of aromatic amines is 1. The highest BCUT2D eigenvalue weighted by atomic mass is 33.1. The summed E-state index contributed by atoms with van der Waals surface area (Å²) in [4.78, 5) is 31.6. The fourth-order valence-electron chi connectivity index (χ4n) is 3.96. The molecule has 0 aromatic carbocycles. The molecule has 0 bridgehead atoms. The molecule has 3 atom stereocenters. The Morgan fingerprint density at radius 1 is 1.40 bits per heavy atom. The van der Waals surface area contributed by atoms with Crippen molar-refractivity contribution in [2.24, 2.45) is 0 Å². The van der Waals surface area contributed by atoms with Crippen molar-refractivity contribution in [3.05, 3.63) is 22.1 Å². The maximum absolute atomic E-state index is 12.8. The number of carbonyl (C=O) groups excluding carboxylic acids is 1. The molecule has 6 N–H and O–H groups in total. The Bertz CT molecular complexity index is 1220. The first-order valence-electron chi connectivity index (χ1n) is 12.7. The number of H-pyrrole nitrogens is 1. The molecule has 17 heteroatoms. The molecule has 1 saturated heterocycles. The van der Waals surface area contributed by atoms with Crippen molar-refractivity contribution in [1.82, 2.24) is 25.1 Å². The number of hydrogen-bond acceptors (Lipinski definition) is 13. The van der Waals surface area contributed by atoms with Crippen LogP contribution >= 0.6 is 43.2 Å². The molecule has 2 aromatic heterocycles. The van der Waals surface area contributed by atoms with Crippen LogP contribution in [0.3, 0.4) is 0 Å². The van der Waals surface area contributed by atoms with Gasteiger partial charge in [0.15, 0.2) is 5.65 Å². The molecule has 220 valence electrons. The minimum atomic E-state index is -0.568. The second-order valence-corrected chi connectivity index (χ2v) is 13.8. The smallest absolute Gasteiger partial charge is 0.407 e. The summed E-state index contributed by atoms with van der Waals surface area (Å²) in [5.74, 6) is 7.87. The lowest BCUT2D eigenvalue weighted by Gasteiger charge is -2.16. The number of anilines is 1. The zero-order valence-electron chi connectivity index (χ0n) is 22.6. The SMILES string of the molecule is CC[C@H]1O[C@@H](n2cc(C#CCNC(=O)OCCSSCCNB(C)O)c3c(=O)[nH]c(N)nc32)C[C@H]1OCSSC. The van der Waals surface area contributed by atoms with Gasteiger partial charge in [-0.1, -0.05) is 61.9 Å². The van der Waals surface area contributed by atoms with Crippen molar-refractivity contribution in [2.45, 2.75) is 45.0 Å². The normalized spacial score (nSPS) is 18.4. The second-order valence-electron chi connectivity index (χ2n) is 8.55. The summed E-state index contributed by atoms with van der Waals surface area (Å²) in [5, 5.41) is 15.0. The lowest BCUT2D eigenvalue weighted by atomic mass is 9.89. The van der Waals surface area contributed by atoms with Gasteiger partial charge in [-0.3, -0.25) is 9.78 Å². The van der Waals surface area contributed by atoms with Crippen molar-refractivity contribution in [3.63, 3.8) is 0 Å². The maximum atomic E-state index is 12.8. The number of amides is 1. The highest BCUT2D eigenvalue weighted by Gasteiger charge is 2.37. The number of rotatable bonds is 15. The highest BCUT2D eigenvalue weighted by Crippen LogP contribution is 2.35. The standard InChI is InChI=1S/C23H35BN6O6S4/c1-4-16-17(35-14-40-37-3)12-18(36-16)30-13-15(19-20(30)28-22(25)29-21(19)31)6-5-7-26-23(32)34-9-11-39-38-10-8-27-24(2)33/h13,16-18,27,33H,4,7-12,14H2,1-3H3,(H,26,32)(H3,25,28,29,31)/t16-,17-,18-/m1/s1. The summed E-state index contributed by atoms with van der Waals surface area (Å²) in [7, 11) is 5.97. The molecule has 0 aliphatic carbocycles. The third-order valence-corrected chi connectivity index (χ3v) is 9.53. The quantitative estimate of drug-likeness (QED) is 0.0641. The molecule has 0 unspecified atom stereocenters. The summed E-state index contributed by atoms with van der Waals surface area (Å²) in [5.41, 5.74) is 6.29. The number of nitrogens with zero attached hydrogens (tertiary/aromatic N) is 2. The van der Waals surface area contributed by atoms with Gasteiger partial charge >= 0.3 is 13.1 Å². The van der Waals surface area contributed by atoms with Crippen molar-refractivity contribution in [2.75, 3.05) is 49.1 Å². The summed E-state index contributed by atoms with van der Waals surface area (Å²) >= 11 is 0. The molecule has 1 aliphatic rings. The Hall–Kier alpha value is -1.65. The summed E-state index contributed by atoms with van der Waals surface area (Å²) in [6.45, 7) is 4.72. The predicted molar refractivity (Wildman–Crippen MR) is 167 cm³/mol. The molecule has 3 rings (SSSR count). The van der Waals surface area contributed by atoms with E-state index in [9.17, 15) is 9.59 Å². The predicted octanol–water partition coefficient (Wildman–Crippen LogP) is 2.52. The highest BCUT2D eigenvalue weighted by molar-refractivity contribution is 8.76. The van der Waals surface area contributed by atoms with Crippen LogP contribution in [0.25, 0.3) is 11.0 Å². The largest absolute Gasteiger partial charge is 0.449 e. The number of fused-ring (bicyclic) bond motifs is 1. The van der Waals surface area contributed by atoms with Gasteiger partial charge in [-0.15, -0.1) is 0 Å². The number of carbonyl (C=O) groups is 1. The van der Waals surface area contributed by atoms with Gasteiger partial charge in [-0.05, 0) is 26.0 Å². The van der Waals surface area contributed by atoms with E-state index in [4.69, 9.17) is 25.0 Å². The molecule has 1 fully saturated rings. The van der Waals surface area contributed by atoms with E-state index in [1.165, 1.54) is 0 Å². The first-order chi connectivity index (χ1) is 19.3. The van der Waals surface area contributed by atoms with Crippen molar-refractivity contribution < 1.29 is 24.0 Å². The van der Waals surface area contributed by atoms with Gasteiger partial charge in [0.2, 0.25) is 5.95 Å². The Labute approximate surface area is 249 Å². The van der Waals surface area contributed by atoms with E-state index >= 15 is 0 Å². The lowest BCUT2D eigenvalue weighted by Crippen LogP contribution is -2.32. The topological polar surface area (TPSA) is 166 Å². The van der Waals surface area contributed by atoms with Crippen LogP contribution in [-0.4, -0.2) is 88.3 Å². The molecule has 1 aliphatic heterocycles. The number of hydrogen-bond donors (Lipinski definition) is 5. The van der Waals surface area contributed by atoms with E-state index < -0.39 is 18.7 Å². The fraction of sp³-hybridized carbons (Fsp3) is 0.609. The minimum absolute atomic E-state index is 0.00275. The number of alkyl carbamates (subject to hydrolysis) is 1. The van der Waals surface area contributed by atoms with Gasteiger partial charge in [-0.25, -0.2) is 4.79 Å². The number of ether oxygens (including phenoxy) is 3. The zero-order valence-corrected chi connectivity index (χ0v) is 25.9. The first-order valence-corrected chi connectivity index (χ1v) is 17.9. The van der Waals surface area contributed by atoms with E-state index in [0.717, 1.165) is 12.2 Å². The van der Waals surface area contributed by atoms with Crippen LogP contribution in [0.5, 0.6) is 0 Å². The number of aromatic nitrogens is 3. The van der Waals surface area contributed by atoms with E-state index in [2.05, 4.69) is 32.4 Å². The van der Waals surface area contributed by atoms with E-state index in [-0.39, 0.29) is 37.5 Å². The molecule has 1 amide bonds. The minimum Gasteiger partial charge on any atom is -0.449 e. The van der Waals surface area contributed by atoms with E-state index in [0.29, 0.717) is 41.3 Å². The average Bonchev–Trinajstić information content (AvgIpc) is 3.49. The van der Waals surface area contributed by atoms with Crippen LogP contribution in [-0.2, 0) is 14.2 Å². The first kappa shape index (κ1) is 32.9. The average molecular weight is 631 g/mol. The number of nitrogens with two attached hydrogens (primary N) is 1. The zero-order chi connectivity index (χ0) is 28.9. The molecule has 0 saturated carbocycles. The van der Waals surface area contributed by atoms with Crippen LogP contribution in [0.4, 0.5) is 10.7 Å². The van der Waals surface area contributed by atoms with Gasteiger partial charge < -0.3 is 40.1 Å². The third-order valence-electron chi connectivity index (χ3n) is 5.69. The third kappa shape index (κ3) is 10.0. The lowest BCUT2D eigenvalue weighted by molar-refractivity contribution is -0.0295. The van der Waals surface area contributed by atoms with Crippen LogP contribution in [0, 0.1) is 11.8 Å². The Kier molecular flexibility index (Phi) is 14.2. The molecule has 0 spiro atoms. The molecular formula is C23H35BN6O6S4. The van der Waals surface area contributed by atoms with Crippen molar-refractivity contribution in [1.29, 1.82) is 0 Å².